The largest absolute Gasteiger partial charge is 0.456 e. The van der Waals surface area contributed by atoms with Crippen LogP contribution in [0.15, 0.2) is 53.3 Å². The molecule has 0 aliphatic carbocycles. The highest BCUT2D eigenvalue weighted by Crippen LogP contribution is 2.30. The first-order chi connectivity index (χ1) is 13.9. The number of thiophene rings is 1. The molecule has 2 heterocycles. The van der Waals surface area contributed by atoms with Crippen molar-refractivity contribution >= 4 is 38.8 Å². The molecule has 0 aliphatic rings. The lowest BCUT2D eigenvalue weighted by molar-refractivity contribution is 0.483. The number of halogens is 1. The zero-order chi connectivity index (χ0) is 20.5. The van der Waals surface area contributed by atoms with Gasteiger partial charge in [-0.2, -0.15) is 0 Å². The summed E-state index contributed by atoms with van der Waals surface area (Å²) in [6.07, 6.45) is 0. The highest BCUT2D eigenvalue weighted by molar-refractivity contribution is 7.18. The maximum absolute atomic E-state index is 12.5. The third-order valence-electron chi connectivity index (χ3n) is 4.77. The van der Waals surface area contributed by atoms with Crippen LogP contribution in [-0.4, -0.2) is 9.97 Å². The molecular formula is C22H20ClN3O2S. The molecular weight excluding hydrogens is 406 g/mol. The number of nitrogens with one attached hydrogen (secondary N) is 2. The molecule has 0 saturated carbocycles. The van der Waals surface area contributed by atoms with Crippen molar-refractivity contribution in [2.75, 3.05) is 5.32 Å². The number of nitrogens with zero attached hydrogens (tertiary/aromatic N) is 1. The number of anilines is 1. The van der Waals surface area contributed by atoms with Gasteiger partial charge in [-0.1, -0.05) is 23.7 Å². The summed E-state index contributed by atoms with van der Waals surface area (Å²) in [5.74, 6) is 1.91. The molecule has 2 aromatic carbocycles. The van der Waals surface area contributed by atoms with E-state index in [2.05, 4.69) is 15.3 Å². The second kappa shape index (κ2) is 7.89. The van der Waals surface area contributed by atoms with Crippen LogP contribution in [-0.2, 0) is 0 Å². The van der Waals surface area contributed by atoms with E-state index >= 15 is 0 Å². The normalized spacial score (nSPS) is 12.1. The smallest absolute Gasteiger partial charge is 0.259 e. The van der Waals surface area contributed by atoms with Crippen LogP contribution in [0.2, 0.25) is 5.02 Å². The molecule has 1 atom stereocenters. The van der Waals surface area contributed by atoms with E-state index < -0.39 is 0 Å². The van der Waals surface area contributed by atoms with Crippen LogP contribution < -0.4 is 15.6 Å². The van der Waals surface area contributed by atoms with Crippen molar-refractivity contribution < 1.29 is 4.74 Å². The SMILES string of the molecule is Cc1sc2nc(C(C)Nc3ccc(Oc4ccccc4Cl)cc3)[nH]c(=O)c2c1C. The number of H-pyrrole nitrogens is 1. The number of ether oxygens (including phenoxy) is 1. The zero-order valence-corrected chi connectivity index (χ0v) is 17.8. The fraction of sp³-hybridized carbons (Fsp3) is 0.182. The Morgan fingerprint density at radius 1 is 1.14 bits per heavy atom. The van der Waals surface area contributed by atoms with Gasteiger partial charge in [0.15, 0.2) is 0 Å². The van der Waals surface area contributed by atoms with Crippen molar-refractivity contribution in [3.05, 3.63) is 80.2 Å². The molecule has 1 unspecified atom stereocenters. The number of para-hydroxylation sites is 1. The Morgan fingerprint density at radius 3 is 2.59 bits per heavy atom. The summed E-state index contributed by atoms with van der Waals surface area (Å²) in [6, 6.07) is 14.7. The molecule has 29 heavy (non-hydrogen) atoms. The molecule has 5 nitrogen and oxygen atoms in total. The summed E-state index contributed by atoms with van der Waals surface area (Å²) < 4.78 is 5.81. The van der Waals surface area contributed by atoms with Crippen molar-refractivity contribution in [3.8, 4) is 11.5 Å². The summed E-state index contributed by atoms with van der Waals surface area (Å²) in [6.45, 7) is 5.93. The molecule has 0 aliphatic heterocycles. The summed E-state index contributed by atoms with van der Waals surface area (Å²) in [5, 5.41) is 4.61. The fourth-order valence-electron chi connectivity index (χ4n) is 3.07. The maximum atomic E-state index is 12.5. The van der Waals surface area contributed by atoms with Gasteiger partial charge in [0, 0.05) is 10.6 Å². The number of hydrogen-bond acceptors (Lipinski definition) is 5. The number of benzene rings is 2. The fourth-order valence-corrected chi connectivity index (χ4v) is 4.28. The Bertz CT molecular complexity index is 1230. The Balaban J connectivity index is 1.51. The first-order valence-electron chi connectivity index (χ1n) is 9.21. The van der Waals surface area contributed by atoms with Crippen molar-refractivity contribution in [1.29, 1.82) is 0 Å². The molecule has 0 radical (unpaired) electrons. The Labute approximate surface area is 177 Å². The molecule has 0 saturated heterocycles. The number of fused-ring (bicyclic) bond motifs is 1. The average Bonchev–Trinajstić information content (AvgIpc) is 2.99. The van der Waals surface area contributed by atoms with Gasteiger partial charge in [-0.25, -0.2) is 4.98 Å². The van der Waals surface area contributed by atoms with Crippen LogP contribution in [0.5, 0.6) is 11.5 Å². The van der Waals surface area contributed by atoms with E-state index in [1.807, 2.05) is 63.2 Å². The van der Waals surface area contributed by atoms with Gasteiger partial charge in [0.2, 0.25) is 0 Å². The number of hydrogen-bond donors (Lipinski definition) is 2. The van der Waals surface area contributed by atoms with Crippen molar-refractivity contribution in [2.24, 2.45) is 0 Å². The molecule has 0 spiro atoms. The highest BCUT2D eigenvalue weighted by atomic mass is 35.5. The van der Waals surface area contributed by atoms with E-state index in [0.29, 0.717) is 27.7 Å². The Morgan fingerprint density at radius 2 is 1.86 bits per heavy atom. The minimum Gasteiger partial charge on any atom is -0.456 e. The van der Waals surface area contributed by atoms with Crippen molar-refractivity contribution in [1.82, 2.24) is 9.97 Å². The summed E-state index contributed by atoms with van der Waals surface area (Å²) in [5.41, 5.74) is 1.80. The lowest BCUT2D eigenvalue weighted by atomic mass is 10.2. The molecule has 0 bridgehead atoms. The van der Waals surface area contributed by atoms with Gasteiger partial charge in [0.1, 0.15) is 22.2 Å². The Hall–Kier alpha value is -2.83. The molecule has 7 heteroatoms. The summed E-state index contributed by atoms with van der Waals surface area (Å²) >= 11 is 7.68. The minimum absolute atomic E-state index is 0.0935. The van der Waals surface area contributed by atoms with Crippen LogP contribution in [0.1, 0.15) is 29.2 Å². The van der Waals surface area contributed by atoms with Gasteiger partial charge in [0.25, 0.3) is 5.56 Å². The van der Waals surface area contributed by atoms with Crippen molar-refractivity contribution in [3.63, 3.8) is 0 Å². The van der Waals surface area contributed by atoms with Gasteiger partial charge in [-0.15, -0.1) is 11.3 Å². The van der Waals surface area contributed by atoms with Crippen LogP contribution in [0.3, 0.4) is 0 Å². The third kappa shape index (κ3) is 3.99. The topological polar surface area (TPSA) is 67.0 Å². The van der Waals surface area contributed by atoms with Crippen LogP contribution in [0.4, 0.5) is 5.69 Å². The zero-order valence-electron chi connectivity index (χ0n) is 16.2. The predicted molar refractivity (Wildman–Crippen MR) is 120 cm³/mol. The average molecular weight is 426 g/mol. The maximum Gasteiger partial charge on any atom is 0.259 e. The van der Waals surface area contributed by atoms with E-state index in [0.717, 1.165) is 21.0 Å². The first kappa shape index (κ1) is 19.5. The van der Waals surface area contributed by atoms with Crippen LogP contribution in [0.25, 0.3) is 10.2 Å². The second-order valence-electron chi connectivity index (χ2n) is 6.84. The lowest BCUT2D eigenvalue weighted by Crippen LogP contribution is -2.17. The summed E-state index contributed by atoms with van der Waals surface area (Å²) in [4.78, 5) is 22.0. The predicted octanol–water partition coefficient (Wildman–Crippen LogP) is 6.22. The van der Waals surface area contributed by atoms with Gasteiger partial charge < -0.3 is 15.0 Å². The van der Waals surface area contributed by atoms with E-state index in [9.17, 15) is 4.79 Å². The second-order valence-corrected chi connectivity index (χ2v) is 8.45. The van der Waals surface area contributed by atoms with Gasteiger partial charge in [-0.05, 0) is 62.7 Å². The molecule has 4 aromatic rings. The number of rotatable bonds is 5. The first-order valence-corrected chi connectivity index (χ1v) is 10.4. The third-order valence-corrected chi connectivity index (χ3v) is 6.18. The molecule has 0 amide bonds. The number of aryl methyl sites for hydroxylation is 2. The Kier molecular flexibility index (Phi) is 5.30. The van der Waals surface area contributed by atoms with Crippen molar-refractivity contribution in [2.45, 2.75) is 26.8 Å². The number of aromatic nitrogens is 2. The molecule has 0 fully saturated rings. The monoisotopic (exact) mass is 425 g/mol. The van der Waals surface area contributed by atoms with Crippen LogP contribution >= 0.6 is 22.9 Å². The van der Waals surface area contributed by atoms with E-state index in [-0.39, 0.29) is 11.6 Å². The molecule has 4 rings (SSSR count). The lowest BCUT2D eigenvalue weighted by Gasteiger charge is -2.15. The van der Waals surface area contributed by atoms with Crippen LogP contribution in [0, 0.1) is 13.8 Å². The van der Waals surface area contributed by atoms with Gasteiger partial charge in [-0.3, -0.25) is 4.79 Å². The number of aromatic amines is 1. The summed E-state index contributed by atoms with van der Waals surface area (Å²) in [7, 11) is 0. The van der Waals surface area contributed by atoms with Gasteiger partial charge >= 0.3 is 0 Å². The molecule has 2 aromatic heterocycles. The molecule has 2 N–H and O–H groups in total. The highest BCUT2D eigenvalue weighted by Gasteiger charge is 2.15. The van der Waals surface area contributed by atoms with E-state index in [4.69, 9.17) is 16.3 Å². The quantitative estimate of drug-likeness (QED) is 0.398. The standard InChI is InChI=1S/C22H20ClN3O2S/c1-12-14(3)29-22-19(12)21(27)25-20(26-22)13(2)24-15-8-10-16(11-9-15)28-18-7-5-4-6-17(18)23/h4-11,13,24H,1-3H3,(H,25,26,27). The van der Waals surface area contributed by atoms with Gasteiger partial charge in [0.05, 0.1) is 16.5 Å². The minimum atomic E-state index is -0.162. The van der Waals surface area contributed by atoms with E-state index in [1.54, 1.807) is 17.4 Å². The van der Waals surface area contributed by atoms with E-state index in [1.165, 1.54) is 0 Å². The molecule has 148 valence electrons.